The summed E-state index contributed by atoms with van der Waals surface area (Å²) >= 11 is 0. The average molecular weight is 289 g/mol. The molecule has 2 N–H and O–H groups in total. The number of rotatable bonds is 5. The van der Waals surface area contributed by atoms with E-state index in [1.54, 1.807) is 12.1 Å². The maximum absolute atomic E-state index is 11.1. The van der Waals surface area contributed by atoms with Crippen LogP contribution in [0.2, 0.25) is 0 Å². The number of aromatic hydroxyl groups is 1. The van der Waals surface area contributed by atoms with Gasteiger partial charge in [0, 0.05) is 12.1 Å². The Kier molecular flexibility index (Phi) is 4.03. The van der Waals surface area contributed by atoms with Crippen molar-refractivity contribution in [3.8, 4) is 11.5 Å². The molecule has 0 aliphatic heterocycles. The van der Waals surface area contributed by atoms with E-state index >= 15 is 0 Å². The predicted octanol–water partition coefficient (Wildman–Crippen LogP) is 2.58. The van der Waals surface area contributed by atoms with Gasteiger partial charge in [-0.25, -0.2) is 4.79 Å². The van der Waals surface area contributed by atoms with Crippen molar-refractivity contribution in [2.45, 2.75) is 6.61 Å². The zero-order chi connectivity index (χ0) is 15.4. The van der Waals surface area contributed by atoms with Crippen LogP contribution in [0.4, 0.5) is 5.69 Å². The predicted molar refractivity (Wildman–Crippen MR) is 72.5 cm³/mol. The number of carboxylic acids is 1. The maximum atomic E-state index is 11.1. The molecule has 0 fully saturated rings. The molecule has 2 aromatic rings. The van der Waals surface area contributed by atoms with Crippen molar-refractivity contribution in [3.63, 3.8) is 0 Å². The number of phenolic OH excluding ortho intramolecular Hbond substituents is 1. The van der Waals surface area contributed by atoms with Gasteiger partial charge in [-0.2, -0.15) is 0 Å². The summed E-state index contributed by atoms with van der Waals surface area (Å²) in [6.07, 6.45) is 0. The molecular formula is C14H11NO6. The Balaban J connectivity index is 2.23. The molecule has 0 aliphatic rings. The van der Waals surface area contributed by atoms with E-state index in [1.807, 2.05) is 0 Å². The van der Waals surface area contributed by atoms with Gasteiger partial charge < -0.3 is 14.9 Å². The molecule has 7 heteroatoms. The van der Waals surface area contributed by atoms with E-state index in [1.165, 1.54) is 24.3 Å². The Bertz CT molecular complexity index is 698. The van der Waals surface area contributed by atoms with Crippen molar-refractivity contribution < 1.29 is 24.7 Å². The van der Waals surface area contributed by atoms with Crippen molar-refractivity contribution in [1.29, 1.82) is 0 Å². The smallest absolute Gasteiger partial charge is 0.339 e. The number of nitro benzene ring substituents is 1. The van der Waals surface area contributed by atoms with E-state index in [4.69, 9.17) is 9.84 Å². The van der Waals surface area contributed by atoms with E-state index in [0.29, 0.717) is 5.56 Å². The number of carboxylic acid groups (broad SMARTS) is 1. The fourth-order valence-electron chi connectivity index (χ4n) is 1.73. The second-order valence-electron chi connectivity index (χ2n) is 4.20. The first kappa shape index (κ1) is 14.3. The quantitative estimate of drug-likeness (QED) is 0.646. The van der Waals surface area contributed by atoms with Gasteiger partial charge in [0.1, 0.15) is 23.7 Å². The Morgan fingerprint density at radius 3 is 2.62 bits per heavy atom. The molecule has 21 heavy (non-hydrogen) atoms. The normalized spacial score (nSPS) is 10.1. The average Bonchev–Trinajstić information content (AvgIpc) is 2.44. The molecule has 0 spiro atoms. The van der Waals surface area contributed by atoms with Gasteiger partial charge in [0.2, 0.25) is 0 Å². The Morgan fingerprint density at radius 1 is 1.24 bits per heavy atom. The number of nitrogens with zero attached hydrogens (tertiary/aromatic N) is 1. The monoisotopic (exact) mass is 289 g/mol. The van der Waals surface area contributed by atoms with Crippen LogP contribution in [0.5, 0.6) is 11.5 Å². The fraction of sp³-hybridized carbons (Fsp3) is 0.0714. The lowest BCUT2D eigenvalue weighted by Crippen LogP contribution is -2.04. The van der Waals surface area contributed by atoms with E-state index < -0.39 is 10.9 Å². The summed E-state index contributed by atoms with van der Waals surface area (Å²) in [5.41, 5.74) is 0.0335. The van der Waals surface area contributed by atoms with Gasteiger partial charge in [0.05, 0.1) is 4.92 Å². The van der Waals surface area contributed by atoms with Crippen molar-refractivity contribution in [1.82, 2.24) is 0 Å². The highest BCUT2D eigenvalue weighted by molar-refractivity contribution is 5.91. The third-order valence-electron chi connectivity index (χ3n) is 2.71. The highest BCUT2D eigenvalue weighted by Crippen LogP contribution is 2.25. The first-order chi connectivity index (χ1) is 9.97. The summed E-state index contributed by atoms with van der Waals surface area (Å²) in [5.74, 6) is -1.22. The first-order valence-electron chi connectivity index (χ1n) is 5.90. The van der Waals surface area contributed by atoms with Crippen molar-refractivity contribution in [2.75, 3.05) is 0 Å². The number of benzene rings is 2. The standard InChI is InChI=1S/C14H11NO6/c16-11-3-1-2-9(6-11)8-21-13-5-4-10(15(19)20)7-12(13)14(17)18/h1-7,16H,8H2,(H,17,18). The zero-order valence-corrected chi connectivity index (χ0v) is 10.7. The van der Waals surface area contributed by atoms with Crippen LogP contribution >= 0.6 is 0 Å². The number of nitro groups is 1. The molecule has 0 heterocycles. The van der Waals surface area contributed by atoms with Crippen LogP contribution in [0.1, 0.15) is 15.9 Å². The highest BCUT2D eigenvalue weighted by Gasteiger charge is 2.17. The van der Waals surface area contributed by atoms with Gasteiger partial charge >= 0.3 is 5.97 Å². The van der Waals surface area contributed by atoms with E-state index in [0.717, 1.165) is 6.07 Å². The second-order valence-corrected chi connectivity index (χ2v) is 4.20. The van der Waals surface area contributed by atoms with Crippen molar-refractivity contribution in [3.05, 3.63) is 63.7 Å². The molecule has 108 valence electrons. The third-order valence-corrected chi connectivity index (χ3v) is 2.71. The molecule has 0 saturated heterocycles. The zero-order valence-electron chi connectivity index (χ0n) is 10.7. The summed E-state index contributed by atoms with van der Waals surface area (Å²) in [6.45, 7) is 0.0342. The number of non-ortho nitro benzene ring substituents is 1. The molecule has 0 atom stereocenters. The summed E-state index contributed by atoms with van der Waals surface area (Å²) in [6, 6.07) is 9.66. The molecule has 0 bridgehead atoms. The van der Waals surface area contributed by atoms with Crippen LogP contribution in [0.3, 0.4) is 0 Å². The first-order valence-corrected chi connectivity index (χ1v) is 5.90. The number of hydrogen-bond donors (Lipinski definition) is 2. The number of hydrogen-bond acceptors (Lipinski definition) is 5. The largest absolute Gasteiger partial charge is 0.508 e. The minimum absolute atomic E-state index is 0.0245. The minimum Gasteiger partial charge on any atom is -0.508 e. The van der Waals surface area contributed by atoms with Gasteiger partial charge in [-0.1, -0.05) is 12.1 Å². The molecule has 0 aliphatic carbocycles. The van der Waals surface area contributed by atoms with E-state index in [2.05, 4.69) is 0 Å². The topological polar surface area (TPSA) is 110 Å². The maximum Gasteiger partial charge on any atom is 0.339 e. The van der Waals surface area contributed by atoms with Crippen LogP contribution in [-0.2, 0) is 6.61 Å². The van der Waals surface area contributed by atoms with Gasteiger partial charge in [-0.15, -0.1) is 0 Å². The molecule has 0 unspecified atom stereocenters. The van der Waals surface area contributed by atoms with E-state index in [-0.39, 0.29) is 29.4 Å². The number of carbonyl (C=O) groups is 1. The summed E-state index contributed by atoms with van der Waals surface area (Å²) in [5, 5.41) is 29.0. The Labute approximate surface area is 119 Å². The number of phenols is 1. The van der Waals surface area contributed by atoms with Crippen LogP contribution in [0, 0.1) is 10.1 Å². The lowest BCUT2D eigenvalue weighted by Gasteiger charge is -2.09. The van der Waals surface area contributed by atoms with Crippen molar-refractivity contribution >= 4 is 11.7 Å². The van der Waals surface area contributed by atoms with Gasteiger partial charge in [0.15, 0.2) is 0 Å². The van der Waals surface area contributed by atoms with Crippen LogP contribution in [0.15, 0.2) is 42.5 Å². The lowest BCUT2D eigenvalue weighted by molar-refractivity contribution is -0.384. The van der Waals surface area contributed by atoms with Gasteiger partial charge in [0.25, 0.3) is 5.69 Å². The van der Waals surface area contributed by atoms with Gasteiger partial charge in [-0.3, -0.25) is 10.1 Å². The molecular weight excluding hydrogens is 278 g/mol. The Morgan fingerprint density at radius 2 is 2.00 bits per heavy atom. The molecule has 2 aromatic carbocycles. The summed E-state index contributed by atoms with van der Waals surface area (Å²) in [4.78, 5) is 21.1. The number of ether oxygens (including phenoxy) is 1. The second kappa shape index (κ2) is 5.91. The van der Waals surface area contributed by atoms with E-state index in [9.17, 15) is 20.0 Å². The minimum atomic E-state index is -1.32. The number of aromatic carboxylic acids is 1. The molecule has 0 radical (unpaired) electrons. The Hall–Kier alpha value is -3.09. The highest BCUT2D eigenvalue weighted by atomic mass is 16.6. The van der Waals surface area contributed by atoms with Gasteiger partial charge in [-0.05, 0) is 23.8 Å². The van der Waals surface area contributed by atoms with Crippen LogP contribution < -0.4 is 4.74 Å². The molecule has 7 nitrogen and oxygen atoms in total. The van der Waals surface area contributed by atoms with Crippen LogP contribution in [-0.4, -0.2) is 21.1 Å². The van der Waals surface area contributed by atoms with Crippen LogP contribution in [0.25, 0.3) is 0 Å². The molecule has 0 aromatic heterocycles. The molecule has 0 amide bonds. The van der Waals surface area contributed by atoms with Crippen molar-refractivity contribution in [2.24, 2.45) is 0 Å². The summed E-state index contributed by atoms with van der Waals surface area (Å²) in [7, 11) is 0. The SMILES string of the molecule is O=C(O)c1cc([N+](=O)[O-])ccc1OCc1cccc(O)c1. The molecule has 2 rings (SSSR count). The summed E-state index contributed by atoms with van der Waals surface area (Å²) < 4.78 is 5.36. The fourth-order valence-corrected chi connectivity index (χ4v) is 1.73. The lowest BCUT2D eigenvalue weighted by atomic mass is 10.1. The third kappa shape index (κ3) is 3.47. The molecule has 0 saturated carbocycles.